The lowest BCUT2D eigenvalue weighted by atomic mass is 9.90. The van der Waals surface area contributed by atoms with Gasteiger partial charge in [0.1, 0.15) is 11.5 Å². The number of amides is 2. The molecule has 0 bridgehead atoms. The molecule has 9 heteroatoms. The van der Waals surface area contributed by atoms with Crippen molar-refractivity contribution in [1.82, 2.24) is 5.43 Å². The van der Waals surface area contributed by atoms with Gasteiger partial charge in [-0.15, -0.1) is 0 Å². The van der Waals surface area contributed by atoms with Crippen LogP contribution in [0.4, 0.5) is 5.69 Å². The Morgan fingerprint density at radius 2 is 2.07 bits per heavy atom. The number of aliphatic hydroxyl groups is 1. The van der Waals surface area contributed by atoms with Crippen LogP contribution in [0.1, 0.15) is 18.9 Å². The third-order valence-electron chi connectivity index (χ3n) is 4.38. The fourth-order valence-corrected chi connectivity index (χ4v) is 3.42. The van der Waals surface area contributed by atoms with Crippen LogP contribution in [-0.4, -0.2) is 36.3 Å². The number of hydrogen-bond acceptors (Lipinski definition) is 6. The first-order valence-electron chi connectivity index (χ1n) is 8.75. The number of carbonyl (C=O) groups excluding carboxylic acids is 2. The van der Waals surface area contributed by atoms with Gasteiger partial charge in [0.05, 0.1) is 11.6 Å². The topological polar surface area (TPSA) is 109 Å². The first-order valence-corrected chi connectivity index (χ1v) is 9.54. The van der Waals surface area contributed by atoms with Crippen LogP contribution in [-0.2, 0) is 15.2 Å². The Morgan fingerprint density at radius 1 is 1.31 bits per heavy atom. The fraction of sp³-hybridized carbons (Fsp3) is 0.250. The van der Waals surface area contributed by atoms with Gasteiger partial charge in [0, 0.05) is 23.4 Å². The zero-order chi connectivity index (χ0) is 21.0. The predicted molar refractivity (Wildman–Crippen MR) is 111 cm³/mol. The predicted octanol–water partition coefficient (Wildman–Crippen LogP) is 2.56. The van der Waals surface area contributed by atoms with Gasteiger partial charge in [-0.1, -0.05) is 18.2 Å². The number of nitrogens with zero attached hydrogens (tertiary/aromatic N) is 1. The van der Waals surface area contributed by atoms with E-state index in [2.05, 4.69) is 31.8 Å². The number of anilines is 1. The Bertz CT molecular complexity index is 978. The maximum absolute atomic E-state index is 12.2. The molecule has 2 aromatic carbocycles. The Balaban J connectivity index is 1.57. The Labute approximate surface area is 176 Å². The highest BCUT2D eigenvalue weighted by Gasteiger charge is 2.45. The molecule has 3 rings (SSSR count). The third-order valence-corrected chi connectivity index (χ3v) is 5.00. The normalized spacial score (nSPS) is 18.1. The Kier molecular flexibility index (Phi) is 6.19. The van der Waals surface area contributed by atoms with E-state index in [1.807, 2.05) is 0 Å². The van der Waals surface area contributed by atoms with Gasteiger partial charge in [-0.3, -0.25) is 9.59 Å². The summed E-state index contributed by atoms with van der Waals surface area (Å²) >= 11 is 3.34. The summed E-state index contributed by atoms with van der Waals surface area (Å²) in [4.78, 5) is 24.2. The van der Waals surface area contributed by atoms with Crippen molar-refractivity contribution < 1.29 is 24.2 Å². The van der Waals surface area contributed by atoms with Crippen LogP contribution in [0, 0.1) is 0 Å². The molecule has 1 heterocycles. The molecule has 1 atom stereocenters. The van der Waals surface area contributed by atoms with Crippen LogP contribution in [0.2, 0.25) is 0 Å². The minimum Gasteiger partial charge on any atom is -0.497 e. The van der Waals surface area contributed by atoms with E-state index in [0.29, 0.717) is 32.9 Å². The van der Waals surface area contributed by atoms with Crippen molar-refractivity contribution in [3.63, 3.8) is 0 Å². The van der Waals surface area contributed by atoms with Gasteiger partial charge in [0.25, 0.3) is 11.8 Å². The van der Waals surface area contributed by atoms with Crippen molar-refractivity contribution >= 4 is 39.1 Å². The SMILES string of the molecule is COc1ccc(OCC(=O)NN=C(C)C[C@@]2(O)C(=O)Nc3ccccc32)c(Br)c1. The molecule has 2 amide bonds. The zero-order valence-electron chi connectivity index (χ0n) is 15.9. The van der Waals surface area contributed by atoms with E-state index in [1.54, 1.807) is 56.5 Å². The highest BCUT2D eigenvalue weighted by Crippen LogP contribution is 2.38. The van der Waals surface area contributed by atoms with E-state index in [0.717, 1.165) is 0 Å². The number of hydrogen-bond donors (Lipinski definition) is 3. The van der Waals surface area contributed by atoms with Crippen LogP contribution >= 0.6 is 15.9 Å². The number of hydrazone groups is 1. The van der Waals surface area contributed by atoms with Gasteiger partial charge in [0.15, 0.2) is 12.2 Å². The quantitative estimate of drug-likeness (QED) is 0.433. The molecule has 2 aromatic rings. The summed E-state index contributed by atoms with van der Waals surface area (Å²) in [5, 5.41) is 17.4. The standard InChI is InChI=1S/C20H20BrN3O5/c1-12(10-20(27)14-5-3-4-6-16(14)22-19(20)26)23-24-18(25)11-29-17-8-7-13(28-2)9-15(17)21/h3-9,27H,10-11H2,1-2H3,(H,22,26)(H,24,25)/t20-/m0/s1. The largest absolute Gasteiger partial charge is 0.497 e. The highest BCUT2D eigenvalue weighted by atomic mass is 79.9. The summed E-state index contributed by atoms with van der Waals surface area (Å²) < 4.78 is 11.2. The average molecular weight is 462 g/mol. The zero-order valence-corrected chi connectivity index (χ0v) is 17.4. The number of halogens is 1. The summed E-state index contributed by atoms with van der Waals surface area (Å²) in [6, 6.07) is 12.0. The van der Waals surface area contributed by atoms with Gasteiger partial charge >= 0.3 is 0 Å². The smallest absolute Gasteiger partial charge is 0.277 e. The summed E-state index contributed by atoms with van der Waals surface area (Å²) in [5.74, 6) is 0.141. The third kappa shape index (κ3) is 4.57. The molecule has 0 spiro atoms. The maximum Gasteiger partial charge on any atom is 0.277 e. The minimum atomic E-state index is -1.72. The van der Waals surface area contributed by atoms with Crippen molar-refractivity contribution in [2.75, 3.05) is 19.0 Å². The van der Waals surface area contributed by atoms with E-state index in [9.17, 15) is 14.7 Å². The fourth-order valence-electron chi connectivity index (χ4n) is 2.95. The molecule has 0 saturated heterocycles. The lowest BCUT2D eigenvalue weighted by molar-refractivity contribution is -0.132. The summed E-state index contributed by atoms with van der Waals surface area (Å²) in [5.41, 5.74) is 2.08. The Hall–Kier alpha value is -2.91. The number of nitrogens with one attached hydrogen (secondary N) is 2. The van der Waals surface area contributed by atoms with Crippen molar-refractivity contribution in [2.24, 2.45) is 5.10 Å². The number of methoxy groups -OCH3 is 1. The second kappa shape index (κ2) is 8.62. The van der Waals surface area contributed by atoms with Crippen molar-refractivity contribution in [3.05, 3.63) is 52.5 Å². The van der Waals surface area contributed by atoms with E-state index in [4.69, 9.17) is 9.47 Å². The van der Waals surface area contributed by atoms with Crippen molar-refractivity contribution in [2.45, 2.75) is 18.9 Å². The van der Waals surface area contributed by atoms with E-state index in [1.165, 1.54) is 0 Å². The number of ether oxygens (including phenoxy) is 2. The van der Waals surface area contributed by atoms with E-state index < -0.39 is 17.4 Å². The molecule has 152 valence electrons. The summed E-state index contributed by atoms with van der Waals surface area (Å²) in [6.07, 6.45) is -0.0546. The monoisotopic (exact) mass is 461 g/mol. The lowest BCUT2D eigenvalue weighted by Gasteiger charge is -2.20. The van der Waals surface area contributed by atoms with Crippen molar-refractivity contribution in [1.29, 1.82) is 0 Å². The summed E-state index contributed by atoms with van der Waals surface area (Å²) in [7, 11) is 1.56. The molecule has 0 radical (unpaired) electrons. The van der Waals surface area contributed by atoms with E-state index >= 15 is 0 Å². The molecule has 0 aliphatic carbocycles. The first-order chi connectivity index (χ1) is 13.8. The maximum atomic E-state index is 12.2. The number of carbonyl (C=O) groups is 2. The molecule has 1 aliphatic heterocycles. The molecule has 29 heavy (non-hydrogen) atoms. The van der Waals surface area contributed by atoms with Crippen LogP contribution in [0.3, 0.4) is 0 Å². The molecule has 0 saturated carbocycles. The number of rotatable bonds is 7. The second-order valence-corrected chi connectivity index (χ2v) is 7.36. The van der Waals surface area contributed by atoms with Crippen LogP contribution in [0.25, 0.3) is 0 Å². The molecule has 8 nitrogen and oxygen atoms in total. The van der Waals surface area contributed by atoms with Gasteiger partial charge in [-0.25, -0.2) is 5.43 Å². The molecule has 0 fully saturated rings. The number of benzene rings is 2. The molecule has 0 unspecified atom stereocenters. The summed E-state index contributed by atoms with van der Waals surface area (Å²) in [6.45, 7) is 1.36. The molecule has 3 N–H and O–H groups in total. The number of para-hydroxylation sites is 1. The van der Waals surface area contributed by atoms with Crippen molar-refractivity contribution in [3.8, 4) is 11.5 Å². The van der Waals surface area contributed by atoms with Gasteiger partial charge in [-0.2, -0.15) is 5.10 Å². The number of fused-ring (bicyclic) bond motifs is 1. The molecule has 1 aliphatic rings. The van der Waals surface area contributed by atoms with Gasteiger partial charge in [-0.05, 0) is 47.1 Å². The first kappa shape index (κ1) is 20.8. The molecular formula is C20H20BrN3O5. The van der Waals surface area contributed by atoms with Crippen LogP contribution in [0.5, 0.6) is 11.5 Å². The molecular weight excluding hydrogens is 442 g/mol. The lowest BCUT2D eigenvalue weighted by Crippen LogP contribution is -2.36. The second-order valence-electron chi connectivity index (χ2n) is 6.50. The molecule has 0 aromatic heterocycles. The van der Waals surface area contributed by atoms with Gasteiger partial charge < -0.3 is 19.9 Å². The highest BCUT2D eigenvalue weighted by molar-refractivity contribution is 9.10. The van der Waals surface area contributed by atoms with Crippen LogP contribution in [0.15, 0.2) is 52.0 Å². The average Bonchev–Trinajstić information content (AvgIpc) is 2.95. The Morgan fingerprint density at radius 3 is 2.79 bits per heavy atom. The van der Waals surface area contributed by atoms with E-state index in [-0.39, 0.29) is 13.0 Å². The minimum absolute atomic E-state index is 0.0546. The van der Waals surface area contributed by atoms with Gasteiger partial charge in [0.2, 0.25) is 0 Å². The van der Waals surface area contributed by atoms with Crippen LogP contribution < -0.4 is 20.2 Å².